The molecule has 1 aliphatic rings. The molecule has 1 atom stereocenters. The van der Waals surface area contributed by atoms with Gasteiger partial charge < -0.3 is 11.5 Å². The molecule has 3 heteroatoms. The lowest BCUT2D eigenvalue weighted by molar-refractivity contribution is 0.635. The summed E-state index contributed by atoms with van der Waals surface area (Å²) in [5, 5.41) is 0. The number of hydrogen-bond acceptors (Lipinski definition) is 2. The maximum atomic E-state index is 6.09. The Kier molecular flexibility index (Phi) is 2.47. The van der Waals surface area contributed by atoms with Crippen LogP contribution in [0.25, 0.3) is 0 Å². The molecule has 0 aliphatic heterocycles. The predicted molar refractivity (Wildman–Crippen MR) is 63.2 cm³/mol. The van der Waals surface area contributed by atoms with E-state index in [1.165, 1.54) is 16.4 Å². The molecule has 0 saturated heterocycles. The number of halogens is 1. The Morgan fingerprint density at radius 2 is 2.08 bits per heavy atom. The van der Waals surface area contributed by atoms with Crippen LogP contribution in [-0.2, 0) is 0 Å². The fourth-order valence-electron chi connectivity index (χ4n) is 1.54. The van der Waals surface area contributed by atoms with Crippen molar-refractivity contribution in [2.45, 2.75) is 18.9 Å². The highest BCUT2D eigenvalue weighted by molar-refractivity contribution is 14.1. The monoisotopic (exact) mass is 288 g/mol. The van der Waals surface area contributed by atoms with Gasteiger partial charge in [-0.2, -0.15) is 0 Å². The fourth-order valence-corrected chi connectivity index (χ4v) is 2.06. The Balaban J connectivity index is 2.31. The average Bonchev–Trinajstić information content (AvgIpc) is 2.91. The number of anilines is 1. The molecule has 1 saturated carbocycles. The zero-order valence-electron chi connectivity index (χ0n) is 7.33. The van der Waals surface area contributed by atoms with Gasteiger partial charge in [0, 0.05) is 15.3 Å². The summed E-state index contributed by atoms with van der Waals surface area (Å²) in [6, 6.07) is 6.20. The highest BCUT2D eigenvalue weighted by Gasteiger charge is 2.30. The minimum absolute atomic E-state index is 0.148. The largest absolute Gasteiger partial charge is 0.398 e. The van der Waals surface area contributed by atoms with Crippen LogP contribution >= 0.6 is 22.6 Å². The van der Waals surface area contributed by atoms with Crippen LogP contribution in [-0.4, -0.2) is 0 Å². The minimum atomic E-state index is 0.148. The molecule has 4 N–H and O–H groups in total. The van der Waals surface area contributed by atoms with E-state index < -0.39 is 0 Å². The zero-order valence-corrected chi connectivity index (χ0v) is 9.49. The average molecular weight is 288 g/mol. The molecular weight excluding hydrogens is 275 g/mol. The lowest BCUT2D eigenvalue weighted by Gasteiger charge is -2.13. The van der Waals surface area contributed by atoms with Crippen LogP contribution in [0.5, 0.6) is 0 Å². The van der Waals surface area contributed by atoms with Crippen molar-refractivity contribution in [3.8, 4) is 0 Å². The normalized spacial score (nSPS) is 18.6. The molecule has 1 aliphatic carbocycles. The van der Waals surface area contributed by atoms with Crippen LogP contribution in [0.4, 0.5) is 5.69 Å². The molecule has 1 aromatic rings. The van der Waals surface area contributed by atoms with Crippen molar-refractivity contribution >= 4 is 28.3 Å². The summed E-state index contributed by atoms with van der Waals surface area (Å²) >= 11 is 2.29. The molecule has 1 unspecified atom stereocenters. The van der Waals surface area contributed by atoms with Crippen LogP contribution in [0.15, 0.2) is 18.2 Å². The van der Waals surface area contributed by atoms with E-state index >= 15 is 0 Å². The number of hydrogen-bond donors (Lipinski definition) is 2. The van der Waals surface area contributed by atoms with E-state index in [1.807, 2.05) is 12.1 Å². The van der Waals surface area contributed by atoms with Crippen molar-refractivity contribution in [3.63, 3.8) is 0 Å². The molecule has 0 amide bonds. The molecular formula is C10H13IN2. The van der Waals surface area contributed by atoms with Crippen molar-refractivity contribution in [2.75, 3.05) is 5.73 Å². The molecule has 0 spiro atoms. The van der Waals surface area contributed by atoms with Gasteiger partial charge in [0.05, 0.1) is 0 Å². The topological polar surface area (TPSA) is 52.0 Å². The van der Waals surface area contributed by atoms with Crippen LogP contribution in [0.1, 0.15) is 24.4 Å². The van der Waals surface area contributed by atoms with Crippen LogP contribution in [0.3, 0.4) is 0 Å². The molecule has 0 heterocycles. The summed E-state index contributed by atoms with van der Waals surface area (Å²) in [5.41, 5.74) is 13.9. The van der Waals surface area contributed by atoms with Gasteiger partial charge >= 0.3 is 0 Å². The lowest BCUT2D eigenvalue weighted by atomic mass is 10.0. The van der Waals surface area contributed by atoms with Crippen molar-refractivity contribution in [1.29, 1.82) is 0 Å². The Hall–Kier alpha value is -0.290. The van der Waals surface area contributed by atoms with E-state index in [-0.39, 0.29) is 6.04 Å². The molecule has 0 aromatic heterocycles. The summed E-state index contributed by atoms with van der Waals surface area (Å²) in [6.45, 7) is 0. The number of benzene rings is 1. The second kappa shape index (κ2) is 3.46. The fraction of sp³-hybridized carbons (Fsp3) is 0.400. The molecule has 13 heavy (non-hydrogen) atoms. The summed E-state index contributed by atoms with van der Waals surface area (Å²) in [4.78, 5) is 0. The van der Waals surface area contributed by atoms with Gasteiger partial charge in [-0.25, -0.2) is 0 Å². The van der Waals surface area contributed by atoms with E-state index in [1.54, 1.807) is 0 Å². The maximum Gasteiger partial charge on any atom is 0.0363 e. The smallest absolute Gasteiger partial charge is 0.0363 e. The Bertz CT molecular complexity index is 321. The lowest BCUT2D eigenvalue weighted by Crippen LogP contribution is -2.14. The first kappa shape index (κ1) is 9.27. The third-order valence-electron chi connectivity index (χ3n) is 2.54. The second-order valence-electron chi connectivity index (χ2n) is 3.64. The third-order valence-corrected chi connectivity index (χ3v) is 3.21. The van der Waals surface area contributed by atoms with Gasteiger partial charge in [-0.3, -0.25) is 0 Å². The minimum Gasteiger partial charge on any atom is -0.398 e. The third kappa shape index (κ3) is 1.96. The van der Waals surface area contributed by atoms with E-state index in [0.717, 1.165) is 11.3 Å². The summed E-state index contributed by atoms with van der Waals surface area (Å²) in [6.07, 6.45) is 2.51. The van der Waals surface area contributed by atoms with Crippen molar-refractivity contribution in [3.05, 3.63) is 27.3 Å². The summed E-state index contributed by atoms with van der Waals surface area (Å²) in [7, 11) is 0. The van der Waals surface area contributed by atoms with Crippen LogP contribution in [0, 0.1) is 9.49 Å². The van der Waals surface area contributed by atoms with Gasteiger partial charge in [0.1, 0.15) is 0 Å². The molecule has 0 radical (unpaired) electrons. The van der Waals surface area contributed by atoms with Crippen molar-refractivity contribution < 1.29 is 0 Å². The Morgan fingerprint density at radius 3 is 2.69 bits per heavy atom. The quantitative estimate of drug-likeness (QED) is 0.648. The number of rotatable bonds is 2. The summed E-state index contributed by atoms with van der Waals surface area (Å²) in [5.74, 6) is 0.667. The highest BCUT2D eigenvalue weighted by atomic mass is 127. The molecule has 1 aromatic carbocycles. The predicted octanol–water partition coefficient (Wildman–Crippen LogP) is 2.28. The second-order valence-corrected chi connectivity index (χ2v) is 4.88. The molecule has 1 fully saturated rings. The van der Waals surface area contributed by atoms with Crippen LogP contribution < -0.4 is 11.5 Å². The van der Waals surface area contributed by atoms with Gasteiger partial charge in [0.25, 0.3) is 0 Å². The highest BCUT2D eigenvalue weighted by Crippen LogP contribution is 2.41. The standard InChI is InChI=1S/C10H13IN2/c11-7-3-4-9(12)8(5-7)10(13)6-1-2-6/h3-6,10H,1-2,12-13H2. The molecule has 0 bridgehead atoms. The SMILES string of the molecule is Nc1ccc(I)cc1C(N)C1CC1. The molecule has 2 rings (SSSR count). The van der Waals surface area contributed by atoms with Crippen molar-refractivity contribution in [2.24, 2.45) is 11.7 Å². The van der Waals surface area contributed by atoms with E-state index in [0.29, 0.717) is 5.92 Å². The molecule has 2 nitrogen and oxygen atoms in total. The van der Waals surface area contributed by atoms with Gasteiger partial charge in [-0.15, -0.1) is 0 Å². The van der Waals surface area contributed by atoms with Crippen molar-refractivity contribution in [1.82, 2.24) is 0 Å². The molecule has 70 valence electrons. The zero-order chi connectivity index (χ0) is 9.42. The first-order valence-corrected chi connectivity index (χ1v) is 5.57. The number of nitrogen functional groups attached to an aromatic ring is 1. The van der Waals surface area contributed by atoms with Gasteiger partial charge in [-0.05, 0) is 65.1 Å². The van der Waals surface area contributed by atoms with E-state index in [2.05, 4.69) is 28.7 Å². The van der Waals surface area contributed by atoms with E-state index in [9.17, 15) is 0 Å². The van der Waals surface area contributed by atoms with Gasteiger partial charge in [-0.1, -0.05) is 0 Å². The maximum absolute atomic E-state index is 6.09. The first-order valence-electron chi connectivity index (χ1n) is 4.49. The van der Waals surface area contributed by atoms with Crippen LogP contribution in [0.2, 0.25) is 0 Å². The van der Waals surface area contributed by atoms with Gasteiger partial charge in [0.15, 0.2) is 0 Å². The number of nitrogens with two attached hydrogens (primary N) is 2. The van der Waals surface area contributed by atoms with E-state index in [4.69, 9.17) is 11.5 Å². The Morgan fingerprint density at radius 1 is 1.38 bits per heavy atom. The first-order chi connectivity index (χ1) is 6.18. The summed E-state index contributed by atoms with van der Waals surface area (Å²) < 4.78 is 1.21. The van der Waals surface area contributed by atoms with Gasteiger partial charge in [0.2, 0.25) is 0 Å². The Labute approximate surface area is 91.8 Å².